The number of aliphatic hydroxyl groups is 1. The van der Waals surface area contributed by atoms with E-state index in [0.717, 1.165) is 24.1 Å². The van der Waals surface area contributed by atoms with Crippen molar-refractivity contribution in [1.29, 1.82) is 0 Å². The molecule has 2 unspecified atom stereocenters. The van der Waals surface area contributed by atoms with Gasteiger partial charge in [0.1, 0.15) is 5.60 Å². The summed E-state index contributed by atoms with van der Waals surface area (Å²) in [5.41, 5.74) is -0.188. The predicted octanol–water partition coefficient (Wildman–Crippen LogP) is 4.09. The lowest BCUT2D eigenvalue weighted by Crippen LogP contribution is -2.41. The van der Waals surface area contributed by atoms with Crippen LogP contribution in [0.2, 0.25) is 0 Å². The van der Waals surface area contributed by atoms with Crippen molar-refractivity contribution in [2.75, 3.05) is 0 Å². The summed E-state index contributed by atoms with van der Waals surface area (Å²) in [6.07, 6.45) is 3.13. The van der Waals surface area contributed by atoms with Gasteiger partial charge in [-0.3, -0.25) is 0 Å². The van der Waals surface area contributed by atoms with E-state index in [1.165, 1.54) is 4.88 Å². The van der Waals surface area contributed by atoms with E-state index in [1.54, 1.807) is 11.3 Å². The minimum absolute atomic E-state index is 0.356. The maximum Gasteiger partial charge on any atom is 0.101 e. The lowest BCUT2D eigenvalue weighted by molar-refractivity contribution is -0.0742. The Kier molecular flexibility index (Phi) is 2.92. The Morgan fingerprint density at radius 3 is 2.50 bits per heavy atom. The van der Waals surface area contributed by atoms with Crippen LogP contribution in [0.4, 0.5) is 0 Å². The molecule has 1 aromatic heterocycles. The van der Waals surface area contributed by atoms with Crippen LogP contribution >= 0.6 is 11.3 Å². The van der Waals surface area contributed by atoms with Crippen LogP contribution < -0.4 is 0 Å². The van der Waals surface area contributed by atoms with Gasteiger partial charge >= 0.3 is 0 Å². The number of thiophene rings is 1. The largest absolute Gasteiger partial charge is 0.384 e. The second-order valence-electron chi connectivity index (χ2n) is 6.10. The monoisotopic (exact) mass is 238 g/mol. The molecule has 0 saturated heterocycles. The summed E-state index contributed by atoms with van der Waals surface area (Å²) in [6.45, 7) is 8.91. The highest BCUT2D eigenvalue weighted by Gasteiger charge is 2.44. The minimum atomic E-state index is -0.575. The first kappa shape index (κ1) is 12.1. The Balaban J connectivity index is 2.26. The van der Waals surface area contributed by atoms with Crippen molar-refractivity contribution in [3.8, 4) is 0 Å². The SMILES string of the molecule is Cc1ccc(C2(O)CCC(C)(C)CC2C)s1. The molecule has 0 bridgehead atoms. The Labute approximate surface area is 103 Å². The minimum Gasteiger partial charge on any atom is -0.384 e. The third kappa shape index (κ3) is 2.05. The van der Waals surface area contributed by atoms with Crippen molar-refractivity contribution in [3.63, 3.8) is 0 Å². The standard InChI is InChI=1S/C14H22OS/c1-10-9-13(3,4)7-8-14(10,15)12-6-5-11(2)16-12/h5-6,10,15H,7-9H2,1-4H3. The van der Waals surface area contributed by atoms with Crippen LogP contribution in [0.25, 0.3) is 0 Å². The molecule has 1 aliphatic carbocycles. The summed E-state index contributed by atoms with van der Waals surface area (Å²) >= 11 is 1.75. The second-order valence-corrected chi connectivity index (χ2v) is 7.39. The van der Waals surface area contributed by atoms with Gasteiger partial charge in [0.05, 0.1) is 0 Å². The maximum absolute atomic E-state index is 10.9. The highest BCUT2D eigenvalue weighted by molar-refractivity contribution is 7.12. The lowest BCUT2D eigenvalue weighted by Gasteiger charge is -2.44. The highest BCUT2D eigenvalue weighted by atomic mass is 32.1. The van der Waals surface area contributed by atoms with E-state index >= 15 is 0 Å². The first-order chi connectivity index (χ1) is 7.33. The van der Waals surface area contributed by atoms with Crippen LogP contribution in [0.1, 0.15) is 49.8 Å². The van der Waals surface area contributed by atoms with Gasteiger partial charge in [0.25, 0.3) is 0 Å². The van der Waals surface area contributed by atoms with Gasteiger partial charge in [0, 0.05) is 9.75 Å². The van der Waals surface area contributed by atoms with Crippen molar-refractivity contribution < 1.29 is 5.11 Å². The van der Waals surface area contributed by atoms with Crippen molar-refractivity contribution in [2.45, 2.75) is 52.6 Å². The predicted molar refractivity (Wildman–Crippen MR) is 69.7 cm³/mol. The van der Waals surface area contributed by atoms with E-state index in [2.05, 4.69) is 39.8 Å². The molecule has 1 N–H and O–H groups in total. The van der Waals surface area contributed by atoms with Gasteiger partial charge in [0.2, 0.25) is 0 Å². The molecule has 1 saturated carbocycles. The van der Waals surface area contributed by atoms with Crippen LogP contribution in [0.5, 0.6) is 0 Å². The average Bonchev–Trinajstić information content (AvgIpc) is 2.59. The smallest absolute Gasteiger partial charge is 0.101 e. The zero-order valence-electron chi connectivity index (χ0n) is 10.7. The Morgan fingerprint density at radius 2 is 2.00 bits per heavy atom. The molecule has 0 radical (unpaired) electrons. The average molecular weight is 238 g/mol. The van der Waals surface area contributed by atoms with Gasteiger partial charge in [0.15, 0.2) is 0 Å². The molecule has 2 heteroatoms. The van der Waals surface area contributed by atoms with E-state index in [0.29, 0.717) is 11.3 Å². The summed E-state index contributed by atoms with van der Waals surface area (Å²) < 4.78 is 0. The number of aryl methyl sites for hydroxylation is 1. The molecule has 16 heavy (non-hydrogen) atoms. The zero-order valence-corrected chi connectivity index (χ0v) is 11.5. The normalized spacial score (nSPS) is 33.9. The van der Waals surface area contributed by atoms with Crippen molar-refractivity contribution in [1.82, 2.24) is 0 Å². The van der Waals surface area contributed by atoms with E-state index < -0.39 is 5.60 Å². The molecule has 1 aliphatic rings. The van der Waals surface area contributed by atoms with Crippen LogP contribution in [0, 0.1) is 18.3 Å². The Morgan fingerprint density at radius 1 is 1.31 bits per heavy atom. The van der Waals surface area contributed by atoms with Gasteiger partial charge in [-0.2, -0.15) is 0 Å². The molecule has 1 nitrogen and oxygen atoms in total. The molecular weight excluding hydrogens is 216 g/mol. The lowest BCUT2D eigenvalue weighted by atomic mass is 9.65. The maximum atomic E-state index is 10.9. The molecule has 2 rings (SSSR count). The van der Waals surface area contributed by atoms with Gasteiger partial charge in [-0.25, -0.2) is 0 Å². The van der Waals surface area contributed by atoms with Crippen molar-refractivity contribution in [2.24, 2.45) is 11.3 Å². The van der Waals surface area contributed by atoms with Crippen molar-refractivity contribution >= 4 is 11.3 Å². The molecule has 0 aliphatic heterocycles. The first-order valence-electron chi connectivity index (χ1n) is 6.13. The molecule has 90 valence electrons. The number of rotatable bonds is 1. The molecule has 1 aromatic rings. The van der Waals surface area contributed by atoms with E-state index in [9.17, 15) is 5.11 Å². The number of hydrogen-bond donors (Lipinski definition) is 1. The molecule has 2 atom stereocenters. The Bertz CT molecular complexity index is 380. The molecule has 0 spiro atoms. The first-order valence-corrected chi connectivity index (χ1v) is 6.94. The fourth-order valence-corrected chi connectivity index (χ4v) is 4.01. The molecular formula is C14H22OS. The molecule has 1 fully saturated rings. The van der Waals surface area contributed by atoms with Crippen LogP contribution in [-0.2, 0) is 5.60 Å². The van der Waals surface area contributed by atoms with Crippen LogP contribution in [-0.4, -0.2) is 5.11 Å². The molecule has 0 aromatic carbocycles. The third-order valence-electron chi connectivity index (χ3n) is 4.02. The summed E-state index contributed by atoms with van der Waals surface area (Å²) in [7, 11) is 0. The fourth-order valence-electron chi connectivity index (χ4n) is 2.91. The molecule has 0 amide bonds. The summed E-state index contributed by atoms with van der Waals surface area (Å²) in [5, 5.41) is 10.9. The van der Waals surface area contributed by atoms with Gasteiger partial charge < -0.3 is 5.11 Å². The topological polar surface area (TPSA) is 20.2 Å². The zero-order chi connectivity index (χ0) is 12.0. The van der Waals surface area contributed by atoms with Gasteiger partial charge in [-0.1, -0.05) is 20.8 Å². The second kappa shape index (κ2) is 3.85. The quantitative estimate of drug-likeness (QED) is 0.781. The van der Waals surface area contributed by atoms with E-state index in [-0.39, 0.29) is 0 Å². The summed E-state index contributed by atoms with van der Waals surface area (Å²) in [6, 6.07) is 4.22. The fraction of sp³-hybridized carbons (Fsp3) is 0.714. The van der Waals surface area contributed by atoms with Crippen molar-refractivity contribution in [3.05, 3.63) is 21.9 Å². The summed E-state index contributed by atoms with van der Waals surface area (Å²) in [4.78, 5) is 2.45. The van der Waals surface area contributed by atoms with Crippen LogP contribution in [0.15, 0.2) is 12.1 Å². The Hall–Kier alpha value is -0.340. The number of hydrogen-bond acceptors (Lipinski definition) is 2. The summed E-state index contributed by atoms with van der Waals surface area (Å²) in [5.74, 6) is 0.356. The van der Waals surface area contributed by atoms with Crippen LogP contribution in [0.3, 0.4) is 0 Å². The van der Waals surface area contributed by atoms with E-state index in [4.69, 9.17) is 0 Å². The van der Waals surface area contributed by atoms with E-state index in [1.807, 2.05) is 0 Å². The molecule has 1 heterocycles. The highest BCUT2D eigenvalue weighted by Crippen LogP contribution is 2.49. The third-order valence-corrected chi connectivity index (χ3v) is 5.19. The van der Waals surface area contributed by atoms with Gasteiger partial charge in [-0.15, -0.1) is 11.3 Å². The van der Waals surface area contributed by atoms with Gasteiger partial charge in [-0.05, 0) is 49.7 Å².